The summed E-state index contributed by atoms with van der Waals surface area (Å²) in [5.41, 5.74) is 4.50. The second kappa shape index (κ2) is 8.42. The first kappa shape index (κ1) is 22.7. The lowest BCUT2D eigenvalue weighted by atomic mass is 9.83. The van der Waals surface area contributed by atoms with Crippen LogP contribution in [0.15, 0.2) is 72.9 Å². The van der Waals surface area contributed by atoms with E-state index in [-0.39, 0.29) is 5.78 Å². The van der Waals surface area contributed by atoms with E-state index in [9.17, 15) is 4.79 Å². The van der Waals surface area contributed by atoms with Crippen molar-refractivity contribution in [2.24, 2.45) is 0 Å². The van der Waals surface area contributed by atoms with Gasteiger partial charge in [0.05, 0.1) is 17.7 Å². The molecular weight excluding hydrogens is 446 g/mol. The van der Waals surface area contributed by atoms with Crippen molar-refractivity contribution in [2.45, 2.75) is 45.8 Å². The Morgan fingerprint density at radius 2 is 1.58 bits per heavy atom. The van der Waals surface area contributed by atoms with Gasteiger partial charge in [0.15, 0.2) is 5.78 Å². The third kappa shape index (κ3) is 3.64. The minimum atomic E-state index is -0.725. The monoisotopic (exact) mass is 475 g/mol. The third-order valence-corrected chi connectivity index (χ3v) is 6.91. The lowest BCUT2D eigenvalue weighted by molar-refractivity contribution is -0.138. The predicted octanol–water partition coefficient (Wildman–Crippen LogP) is 7.59. The lowest BCUT2D eigenvalue weighted by Gasteiger charge is -2.30. The van der Waals surface area contributed by atoms with Crippen LogP contribution in [-0.4, -0.2) is 23.0 Å². The van der Waals surface area contributed by atoms with Gasteiger partial charge in [-0.3, -0.25) is 9.78 Å². The first-order chi connectivity index (χ1) is 17.3. The molecule has 0 saturated heterocycles. The van der Waals surface area contributed by atoms with Crippen LogP contribution in [0.5, 0.6) is 5.75 Å². The van der Waals surface area contributed by atoms with E-state index in [1.54, 1.807) is 6.92 Å². The average molecular weight is 476 g/mol. The number of hydrogen-bond acceptors (Lipinski definition) is 4. The predicted molar refractivity (Wildman–Crippen MR) is 146 cm³/mol. The van der Waals surface area contributed by atoms with Crippen LogP contribution >= 0.6 is 0 Å². The molecule has 6 rings (SSSR count). The van der Waals surface area contributed by atoms with E-state index in [2.05, 4.69) is 48.5 Å². The highest BCUT2D eigenvalue weighted by molar-refractivity contribution is 6.19. The molecule has 4 aromatic carbocycles. The number of hydrogen-bond donors (Lipinski definition) is 0. The van der Waals surface area contributed by atoms with Gasteiger partial charge in [0, 0.05) is 29.1 Å². The van der Waals surface area contributed by atoms with Crippen LogP contribution in [0.1, 0.15) is 44.9 Å². The van der Waals surface area contributed by atoms with Crippen molar-refractivity contribution < 1.29 is 14.3 Å². The number of aromatic nitrogens is 1. The molecule has 1 aliphatic rings. The van der Waals surface area contributed by atoms with Gasteiger partial charge in [0.2, 0.25) is 0 Å². The Bertz CT molecular complexity index is 1650. The highest BCUT2D eigenvalue weighted by Gasteiger charge is 2.31. The molecule has 0 saturated carbocycles. The topological polar surface area (TPSA) is 48.4 Å². The van der Waals surface area contributed by atoms with Gasteiger partial charge in [-0.25, -0.2) is 0 Å². The van der Waals surface area contributed by atoms with Gasteiger partial charge in [-0.15, -0.1) is 0 Å². The van der Waals surface area contributed by atoms with Crippen LogP contribution in [0.2, 0.25) is 0 Å². The lowest BCUT2D eigenvalue weighted by Crippen LogP contribution is -2.27. The summed E-state index contributed by atoms with van der Waals surface area (Å²) < 4.78 is 12.5. The van der Waals surface area contributed by atoms with E-state index in [1.807, 2.05) is 45.2 Å². The number of ketones is 1. The van der Waals surface area contributed by atoms with Gasteiger partial charge in [-0.1, -0.05) is 48.5 Å². The number of benzene rings is 4. The van der Waals surface area contributed by atoms with Crippen LogP contribution in [0, 0.1) is 0 Å². The van der Waals surface area contributed by atoms with E-state index in [0.717, 1.165) is 61.3 Å². The van der Waals surface area contributed by atoms with Crippen molar-refractivity contribution in [2.75, 3.05) is 6.61 Å². The molecule has 1 aliphatic heterocycles. The van der Waals surface area contributed by atoms with Gasteiger partial charge in [-0.2, -0.15) is 0 Å². The number of carbonyl (C=O) groups is 1. The second-order valence-corrected chi connectivity index (χ2v) is 10.5. The molecule has 1 atom stereocenters. The smallest absolute Gasteiger partial charge is 0.163 e. The van der Waals surface area contributed by atoms with E-state index < -0.39 is 11.7 Å². The zero-order valence-corrected chi connectivity index (χ0v) is 21.1. The fourth-order valence-corrected chi connectivity index (χ4v) is 5.53. The summed E-state index contributed by atoms with van der Waals surface area (Å²) in [6, 6.07) is 22.9. The highest BCUT2D eigenvalue weighted by atomic mass is 16.5. The number of ether oxygens (including phenoxy) is 2. The number of pyridine rings is 1. The second-order valence-electron chi connectivity index (χ2n) is 10.5. The van der Waals surface area contributed by atoms with Gasteiger partial charge in [0.25, 0.3) is 0 Å². The molecule has 4 heteroatoms. The highest BCUT2D eigenvalue weighted by Crippen LogP contribution is 2.47. The molecule has 0 fully saturated rings. The molecule has 0 N–H and O–H groups in total. The average Bonchev–Trinajstić information content (AvgIpc) is 2.87. The summed E-state index contributed by atoms with van der Waals surface area (Å²) >= 11 is 0. The van der Waals surface area contributed by atoms with E-state index in [4.69, 9.17) is 14.5 Å². The third-order valence-electron chi connectivity index (χ3n) is 6.91. The number of Topliss-reactive ketones (excluding diaryl/α,β-unsaturated/α-hetero) is 1. The van der Waals surface area contributed by atoms with Crippen LogP contribution in [0.3, 0.4) is 0 Å². The Labute approximate surface area is 210 Å². The van der Waals surface area contributed by atoms with Crippen molar-refractivity contribution in [1.82, 2.24) is 4.98 Å². The Kier molecular flexibility index (Phi) is 5.31. The van der Waals surface area contributed by atoms with Crippen LogP contribution in [0.4, 0.5) is 0 Å². The first-order valence-corrected chi connectivity index (χ1v) is 12.5. The van der Waals surface area contributed by atoms with Crippen molar-refractivity contribution in [3.63, 3.8) is 0 Å². The first-order valence-electron chi connectivity index (χ1n) is 12.5. The molecule has 2 heterocycles. The molecule has 0 radical (unpaired) electrons. The van der Waals surface area contributed by atoms with Gasteiger partial charge < -0.3 is 9.47 Å². The van der Waals surface area contributed by atoms with E-state index in [1.165, 1.54) is 5.56 Å². The summed E-state index contributed by atoms with van der Waals surface area (Å²) in [5.74, 6) is 0.842. The molecule has 5 aromatic rings. The molecule has 4 nitrogen and oxygen atoms in total. The molecule has 0 aliphatic carbocycles. The number of fused-ring (bicyclic) bond motifs is 3. The van der Waals surface area contributed by atoms with Crippen LogP contribution in [0.25, 0.3) is 43.6 Å². The molecular formula is C32H29NO3. The largest absolute Gasteiger partial charge is 0.493 e. The summed E-state index contributed by atoms with van der Waals surface area (Å²) in [5, 5.41) is 5.40. The SMILES string of the molecule is CC(=O)[C@@H](OC(C)(C)C)c1c(-c2ccc3c4c(ccnc24)CCO3)c2ccccc2c2ccccc12. The Hall–Kier alpha value is -3.76. The summed E-state index contributed by atoms with van der Waals surface area (Å²) in [6.07, 6.45) is 2.01. The summed E-state index contributed by atoms with van der Waals surface area (Å²) in [7, 11) is 0. The fourth-order valence-electron chi connectivity index (χ4n) is 5.53. The molecule has 0 spiro atoms. The number of carbonyl (C=O) groups excluding carboxylic acids is 1. The summed E-state index contributed by atoms with van der Waals surface area (Å²) in [6.45, 7) is 8.27. The Balaban J connectivity index is 1.81. The molecule has 1 aromatic heterocycles. The molecule has 0 bridgehead atoms. The summed E-state index contributed by atoms with van der Waals surface area (Å²) in [4.78, 5) is 18.1. The van der Waals surface area contributed by atoms with Crippen molar-refractivity contribution in [3.05, 3.63) is 84.1 Å². The maximum atomic E-state index is 13.3. The minimum absolute atomic E-state index is 0.0226. The molecule has 36 heavy (non-hydrogen) atoms. The molecule has 0 unspecified atom stereocenters. The van der Waals surface area contributed by atoms with E-state index in [0.29, 0.717) is 6.61 Å². The standard InChI is InChI=1S/C32H29NO3/c1-19(34)31(36-32(2,3)4)29-24-12-8-6-10-22(24)21-9-5-7-11-23(21)28(29)25-13-14-26-27-20(16-18-35-26)15-17-33-30(25)27/h5-15,17,31H,16,18H2,1-4H3/t31-/m1/s1. The van der Waals surface area contributed by atoms with Crippen LogP contribution < -0.4 is 4.74 Å². The Morgan fingerprint density at radius 3 is 2.28 bits per heavy atom. The van der Waals surface area contributed by atoms with Crippen molar-refractivity contribution >= 4 is 38.2 Å². The number of rotatable bonds is 4. The quantitative estimate of drug-likeness (QED) is 0.251. The minimum Gasteiger partial charge on any atom is -0.493 e. The van der Waals surface area contributed by atoms with Gasteiger partial charge in [-0.05, 0) is 78.6 Å². The van der Waals surface area contributed by atoms with Gasteiger partial charge in [0.1, 0.15) is 11.9 Å². The van der Waals surface area contributed by atoms with Gasteiger partial charge >= 0.3 is 0 Å². The zero-order valence-electron chi connectivity index (χ0n) is 21.1. The zero-order chi connectivity index (χ0) is 25.0. The van der Waals surface area contributed by atoms with Crippen molar-refractivity contribution in [3.8, 4) is 16.9 Å². The fraction of sp³-hybridized carbons (Fsp3) is 0.250. The maximum absolute atomic E-state index is 13.3. The number of nitrogens with zero attached hydrogens (tertiary/aromatic N) is 1. The molecule has 0 amide bonds. The normalized spacial score (nSPS) is 14.2. The van der Waals surface area contributed by atoms with Crippen molar-refractivity contribution in [1.29, 1.82) is 0 Å². The molecule has 180 valence electrons. The maximum Gasteiger partial charge on any atom is 0.163 e. The van der Waals surface area contributed by atoms with Crippen LogP contribution in [-0.2, 0) is 16.0 Å². The Morgan fingerprint density at radius 1 is 0.917 bits per heavy atom. The van der Waals surface area contributed by atoms with E-state index >= 15 is 0 Å².